The molecule has 1 aromatic rings. The molecule has 18 heavy (non-hydrogen) atoms. The first-order valence-corrected chi connectivity index (χ1v) is 8.95. The lowest BCUT2D eigenvalue weighted by Crippen LogP contribution is -2.42. The minimum atomic E-state index is -3.36. The summed E-state index contributed by atoms with van der Waals surface area (Å²) < 4.78 is 27.7. The van der Waals surface area contributed by atoms with E-state index in [2.05, 4.69) is 27.3 Å². The van der Waals surface area contributed by atoms with E-state index in [-0.39, 0.29) is 6.04 Å². The normalized spacial score (nSPS) is 25.0. The predicted octanol–water partition coefficient (Wildman–Crippen LogP) is 3.02. The first-order valence-electron chi connectivity index (χ1n) is 6.22. The predicted molar refractivity (Wildman–Crippen MR) is 81.6 cm³/mol. The van der Waals surface area contributed by atoms with Gasteiger partial charge in [-0.2, -0.15) is 0 Å². The van der Waals surface area contributed by atoms with Crippen LogP contribution < -0.4 is 4.72 Å². The summed E-state index contributed by atoms with van der Waals surface area (Å²) in [4.78, 5) is 0.363. The van der Waals surface area contributed by atoms with E-state index in [1.165, 1.54) is 6.42 Å². The van der Waals surface area contributed by atoms with Crippen LogP contribution in [0.5, 0.6) is 0 Å². The van der Waals surface area contributed by atoms with E-state index in [0.29, 0.717) is 8.82 Å². The van der Waals surface area contributed by atoms with Gasteiger partial charge in [0.2, 0.25) is 10.0 Å². The number of nitrogens with one attached hydrogen (secondary N) is 1. The Kier molecular flexibility index (Phi) is 4.66. The molecule has 2 atom stereocenters. The van der Waals surface area contributed by atoms with Gasteiger partial charge >= 0.3 is 0 Å². The number of sulfonamides is 1. The van der Waals surface area contributed by atoms with Gasteiger partial charge in [-0.1, -0.05) is 53.1 Å². The highest BCUT2D eigenvalue weighted by Gasteiger charge is 2.27. The maximum atomic E-state index is 12.2. The Labute approximate surface area is 123 Å². The van der Waals surface area contributed by atoms with E-state index in [4.69, 9.17) is 0 Å². The van der Waals surface area contributed by atoms with Crippen molar-refractivity contribution < 1.29 is 8.42 Å². The Hall–Kier alpha value is -0.140. The molecule has 1 saturated carbocycles. The van der Waals surface area contributed by atoms with Crippen molar-refractivity contribution >= 4 is 32.6 Å². The second-order valence-corrected chi connectivity index (χ2v) is 8.16. The van der Waals surface area contributed by atoms with Gasteiger partial charge in [-0.25, -0.2) is 13.1 Å². The van der Waals surface area contributed by atoms with Crippen molar-refractivity contribution in [2.45, 2.75) is 47.5 Å². The van der Waals surface area contributed by atoms with Crippen LogP contribution in [0.3, 0.4) is 0 Å². The van der Waals surface area contributed by atoms with Gasteiger partial charge in [-0.3, -0.25) is 0 Å². The van der Waals surface area contributed by atoms with Gasteiger partial charge in [0.05, 0.1) is 4.90 Å². The summed E-state index contributed by atoms with van der Waals surface area (Å²) in [5.41, 5.74) is 1.07. The van der Waals surface area contributed by atoms with E-state index in [0.717, 1.165) is 24.8 Å². The van der Waals surface area contributed by atoms with Crippen LogP contribution in [-0.4, -0.2) is 18.4 Å². The molecule has 0 radical (unpaired) electrons. The molecule has 0 amide bonds. The number of aryl methyl sites for hydroxylation is 1. The van der Waals surface area contributed by atoms with Crippen molar-refractivity contribution in [3.8, 4) is 0 Å². The van der Waals surface area contributed by atoms with Crippen LogP contribution in [-0.2, 0) is 10.0 Å². The van der Waals surface area contributed by atoms with E-state index in [9.17, 15) is 8.42 Å². The lowest BCUT2D eigenvalue weighted by molar-refractivity contribution is 0.433. The Morgan fingerprint density at radius 1 is 1.17 bits per heavy atom. The first-order chi connectivity index (χ1) is 8.49. The molecule has 1 fully saturated rings. The van der Waals surface area contributed by atoms with E-state index in [1.54, 1.807) is 12.1 Å². The zero-order valence-electron chi connectivity index (χ0n) is 10.4. The van der Waals surface area contributed by atoms with Crippen LogP contribution in [0.4, 0.5) is 0 Å². The van der Waals surface area contributed by atoms with Crippen molar-refractivity contribution in [1.82, 2.24) is 4.72 Å². The number of halogens is 1. The SMILES string of the molecule is Cc1ccc(S(=O)(=O)N[C@H]2CCCC[C@@H]2I)cc1. The number of hydrogen-bond donors (Lipinski definition) is 1. The summed E-state index contributed by atoms with van der Waals surface area (Å²) in [5, 5.41) is 0. The van der Waals surface area contributed by atoms with E-state index in [1.807, 2.05) is 19.1 Å². The summed E-state index contributed by atoms with van der Waals surface area (Å²) in [6.07, 6.45) is 4.36. The fourth-order valence-corrected chi connectivity index (χ4v) is 4.74. The molecule has 1 aliphatic rings. The molecule has 1 aliphatic carbocycles. The lowest BCUT2D eigenvalue weighted by Gasteiger charge is -2.27. The maximum absolute atomic E-state index is 12.2. The van der Waals surface area contributed by atoms with Crippen molar-refractivity contribution in [3.05, 3.63) is 29.8 Å². The molecular weight excluding hydrogens is 361 g/mol. The van der Waals surface area contributed by atoms with Crippen molar-refractivity contribution in [2.24, 2.45) is 0 Å². The molecule has 3 nitrogen and oxygen atoms in total. The van der Waals surface area contributed by atoms with Crippen LogP contribution in [0.1, 0.15) is 31.2 Å². The van der Waals surface area contributed by atoms with Crippen LogP contribution >= 0.6 is 22.6 Å². The maximum Gasteiger partial charge on any atom is 0.240 e. The third-order valence-corrected chi connectivity index (χ3v) is 6.32. The van der Waals surface area contributed by atoms with Crippen molar-refractivity contribution in [2.75, 3.05) is 0 Å². The molecule has 0 spiro atoms. The molecule has 0 heterocycles. The summed E-state index contributed by atoms with van der Waals surface area (Å²) in [6, 6.07) is 7.07. The third-order valence-electron chi connectivity index (χ3n) is 3.32. The largest absolute Gasteiger partial charge is 0.240 e. The van der Waals surface area contributed by atoms with E-state index < -0.39 is 10.0 Å². The fraction of sp³-hybridized carbons (Fsp3) is 0.538. The van der Waals surface area contributed by atoms with Crippen LogP contribution in [0.25, 0.3) is 0 Å². The molecule has 0 saturated heterocycles. The molecule has 0 aliphatic heterocycles. The molecule has 5 heteroatoms. The summed E-state index contributed by atoms with van der Waals surface area (Å²) in [5.74, 6) is 0. The van der Waals surface area contributed by atoms with Gasteiger partial charge in [0.1, 0.15) is 0 Å². The number of hydrogen-bond acceptors (Lipinski definition) is 2. The second kappa shape index (κ2) is 5.88. The second-order valence-electron chi connectivity index (χ2n) is 4.84. The molecule has 100 valence electrons. The average molecular weight is 379 g/mol. The quantitative estimate of drug-likeness (QED) is 0.648. The summed E-state index contributed by atoms with van der Waals surface area (Å²) >= 11 is 2.36. The Morgan fingerprint density at radius 2 is 1.78 bits per heavy atom. The summed E-state index contributed by atoms with van der Waals surface area (Å²) in [6.45, 7) is 1.95. The minimum Gasteiger partial charge on any atom is -0.207 e. The zero-order valence-corrected chi connectivity index (χ0v) is 13.4. The monoisotopic (exact) mass is 379 g/mol. The van der Waals surface area contributed by atoms with Gasteiger partial charge in [-0.15, -0.1) is 0 Å². The van der Waals surface area contributed by atoms with Gasteiger partial charge in [-0.05, 0) is 31.9 Å². The minimum absolute atomic E-state index is 0.0747. The molecule has 0 unspecified atom stereocenters. The number of rotatable bonds is 3. The zero-order chi connectivity index (χ0) is 13.2. The highest BCUT2D eigenvalue weighted by atomic mass is 127. The molecular formula is C13H18INO2S. The standard InChI is InChI=1S/C13H18INO2S/c1-10-6-8-11(9-7-10)18(16,17)15-13-5-3-2-4-12(13)14/h6-9,12-13,15H,2-5H2,1H3/t12-,13-/m0/s1. The highest BCUT2D eigenvalue weighted by molar-refractivity contribution is 14.1. The van der Waals surface area contributed by atoms with Gasteiger partial charge in [0.15, 0.2) is 0 Å². The molecule has 1 N–H and O–H groups in total. The van der Waals surface area contributed by atoms with Crippen LogP contribution in [0.2, 0.25) is 0 Å². The fourth-order valence-electron chi connectivity index (χ4n) is 2.20. The topological polar surface area (TPSA) is 46.2 Å². The Balaban J connectivity index is 2.13. The van der Waals surface area contributed by atoms with Crippen LogP contribution in [0.15, 0.2) is 29.2 Å². The highest BCUT2D eigenvalue weighted by Crippen LogP contribution is 2.26. The average Bonchev–Trinajstić information content (AvgIpc) is 2.32. The molecule has 0 bridgehead atoms. The summed E-state index contributed by atoms with van der Waals surface area (Å²) in [7, 11) is -3.36. The van der Waals surface area contributed by atoms with Crippen molar-refractivity contribution in [3.63, 3.8) is 0 Å². The number of benzene rings is 1. The van der Waals surface area contributed by atoms with Crippen molar-refractivity contribution in [1.29, 1.82) is 0 Å². The van der Waals surface area contributed by atoms with Gasteiger partial charge in [0, 0.05) is 9.97 Å². The first kappa shape index (κ1) is 14.3. The Bertz CT molecular complexity index is 498. The molecule has 1 aromatic carbocycles. The van der Waals surface area contributed by atoms with E-state index >= 15 is 0 Å². The Morgan fingerprint density at radius 3 is 2.39 bits per heavy atom. The van der Waals surface area contributed by atoms with Crippen LogP contribution in [0, 0.1) is 6.92 Å². The van der Waals surface area contributed by atoms with Gasteiger partial charge < -0.3 is 0 Å². The third kappa shape index (κ3) is 3.45. The lowest BCUT2D eigenvalue weighted by atomic mass is 9.96. The smallest absolute Gasteiger partial charge is 0.207 e. The molecule has 0 aromatic heterocycles. The number of alkyl halides is 1. The molecule has 2 rings (SSSR count). The van der Waals surface area contributed by atoms with Gasteiger partial charge in [0.25, 0.3) is 0 Å².